The molecule has 0 radical (unpaired) electrons. The second kappa shape index (κ2) is 5.37. The molecule has 6 heteroatoms. The van der Waals surface area contributed by atoms with Gasteiger partial charge in [-0.3, -0.25) is 9.59 Å². The van der Waals surface area contributed by atoms with Crippen LogP contribution in [-0.2, 0) is 33.0 Å². The Morgan fingerprint density at radius 3 is 2.91 bits per heavy atom. The van der Waals surface area contributed by atoms with Gasteiger partial charge in [0.15, 0.2) is 0 Å². The lowest BCUT2D eigenvalue weighted by Gasteiger charge is -2.28. The molecule has 0 aromatic carbocycles. The summed E-state index contributed by atoms with van der Waals surface area (Å²) >= 11 is 0. The highest BCUT2D eigenvalue weighted by Gasteiger charge is 2.26. The van der Waals surface area contributed by atoms with Gasteiger partial charge in [-0.25, -0.2) is 4.98 Å². The van der Waals surface area contributed by atoms with Crippen molar-refractivity contribution in [1.82, 2.24) is 19.0 Å². The molecule has 1 aliphatic heterocycles. The van der Waals surface area contributed by atoms with Gasteiger partial charge < -0.3 is 14.0 Å². The molecule has 6 nitrogen and oxygen atoms in total. The smallest absolute Gasteiger partial charge is 0.263 e. The van der Waals surface area contributed by atoms with Crippen LogP contribution in [0, 0.1) is 0 Å². The van der Waals surface area contributed by atoms with Gasteiger partial charge >= 0.3 is 0 Å². The molecule has 0 N–H and O–H groups in total. The Morgan fingerprint density at radius 1 is 1.22 bits per heavy atom. The van der Waals surface area contributed by atoms with Gasteiger partial charge in [0.05, 0.1) is 18.6 Å². The van der Waals surface area contributed by atoms with Gasteiger partial charge in [0, 0.05) is 32.0 Å². The normalized spacial score (nSPS) is 16.8. The summed E-state index contributed by atoms with van der Waals surface area (Å²) in [6.45, 7) is 1.85. The number of amides is 1. The van der Waals surface area contributed by atoms with Gasteiger partial charge in [0.1, 0.15) is 5.56 Å². The Hall–Kier alpha value is -2.37. The molecule has 120 valence electrons. The quantitative estimate of drug-likeness (QED) is 0.793. The molecule has 1 amide bonds. The predicted octanol–water partition coefficient (Wildman–Crippen LogP) is 1.12. The van der Waals surface area contributed by atoms with Crippen LogP contribution in [0.1, 0.15) is 40.2 Å². The first-order chi connectivity index (χ1) is 11.1. The van der Waals surface area contributed by atoms with Crippen molar-refractivity contribution >= 4 is 5.91 Å². The first kappa shape index (κ1) is 14.2. The molecule has 0 unspecified atom stereocenters. The number of aryl methyl sites for hydroxylation is 1. The maximum atomic E-state index is 12.9. The monoisotopic (exact) mass is 312 g/mol. The third-order valence-electron chi connectivity index (χ3n) is 5.02. The molecule has 2 aromatic heterocycles. The van der Waals surface area contributed by atoms with E-state index in [2.05, 4.69) is 9.55 Å². The van der Waals surface area contributed by atoms with Gasteiger partial charge in [-0.2, -0.15) is 0 Å². The number of rotatable bonds is 1. The topological polar surface area (TPSA) is 60.1 Å². The van der Waals surface area contributed by atoms with Crippen LogP contribution < -0.4 is 5.56 Å². The molecule has 0 bridgehead atoms. The molecule has 2 aromatic rings. The lowest BCUT2D eigenvalue weighted by atomic mass is 9.94. The second-order valence-corrected chi connectivity index (χ2v) is 6.41. The van der Waals surface area contributed by atoms with Crippen molar-refractivity contribution in [2.45, 2.75) is 38.8 Å². The summed E-state index contributed by atoms with van der Waals surface area (Å²) in [6.07, 6.45) is 7.69. The van der Waals surface area contributed by atoms with E-state index in [1.807, 2.05) is 6.07 Å². The summed E-state index contributed by atoms with van der Waals surface area (Å²) in [7, 11) is 1.79. The number of nitrogens with zero attached hydrogens (tertiary/aromatic N) is 4. The minimum absolute atomic E-state index is 0.161. The molecule has 0 saturated heterocycles. The lowest BCUT2D eigenvalue weighted by Crippen LogP contribution is -2.41. The average molecular weight is 312 g/mol. The highest BCUT2D eigenvalue weighted by Crippen LogP contribution is 2.21. The van der Waals surface area contributed by atoms with Crippen LogP contribution in [0.4, 0.5) is 0 Å². The predicted molar refractivity (Wildman–Crippen MR) is 85.3 cm³/mol. The van der Waals surface area contributed by atoms with E-state index >= 15 is 0 Å². The van der Waals surface area contributed by atoms with Crippen LogP contribution in [0.3, 0.4) is 0 Å². The molecular weight excluding hydrogens is 292 g/mol. The van der Waals surface area contributed by atoms with Gasteiger partial charge in [-0.05, 0) is 37.3 Å². The van der Waals surface area contributed by atoms with Crippen LogP contribution in [0.25, 0.3) is 0 Å². The van der Waals surface area contributed by atoms with Crippen molar-refractivity contribution in [2.24, 2.45) is 7.05 Å². The Morgan fingerprint density at radius 2 is 2.04 bits per heavy atom. The Kier molecular flexibility index (Phi) is 3.32. The fourth-order valence-corrected chi connectivity index (χ4v) is 3.67. The number of hydrogen-bond donors (Lipinski definition) is 0. The molecule has 0 saturated carbocycles. The summed E-state index contributed by atoms with van der Waals surface area (Å²) < 4.78 is 3.73. The fourth-order valence-electron chi connectivity index (χ4n) is 3.67. The van der Waals surface area contributed by atoms with Gasteiger partial charge in [-0.1, -0.05) is 0 Å². The molecule has 0 spiro atoms. The van der Waals surface area contributed by atoms with E-state index in [0.717, 1.165) is 49.2 Å². The average Bonchev–Trinajstić information content (AvgIpc) is 3.05. The molecule has 1 aliphatic carbocycles. The zero-order valence-electron chi connectivity index (χ0n) is 13.3. The van der Waals surface area contributed by atoms with Crippen LogP contribution in [0.15, 0.2) is 23.4 Å². The largest absolute Gasteiger partial charge is 0.331 e. The maximum Gasteiger partial charge on any atom is 0.263 e. The minimum atomic E-state index is -0.172. The highest BCUT2D eigenvalue weighted by atomic mass is 16.2. The minimum Gasteiger partial charge on any atom is -0.331 e. The van der Waals surface area contributed by atoms with Crippen molar-refractivity contribution < 1.29 is 4.79 Å². The summed E-state index contributed by atoms with van der Waals surface area (Å²) in [5, 5.41) is 0. The van der Waals surface area contributed by atoms with Crippen LogP contribution in [0.5, 0.6) is 0 Å². The third kappa shape index (κ3) is 2.29. The van der Waals surface area contributed by atoms with Crippen LogP contribution >= 0.6 is 0 Å². The van der Waals surface area contributed by atoms with Crippen LogP contribution in [-0.4, -0.2) is 31.5 Å². The Balaban J connectivity index is 1.69. The Labute approximate surface area is 134 Å². The molecule has 0 atom stereocenters. The zero-order chi connectivity index (χ0) is 16.0. The number of hydrogen-bond acceptors (Lipinski definition) is 3. The third-order valence-corrected chi connectivity index (χ3v) is 5.02. The van der Waals surface area contributed by atoms with Gasteiger partial charge in [0.2, 0.25) is 0 Å². The van der Waals surface area contributed by atoms with Crippen molar-refractivity contribution in [1.29, 1.82) is 0 Å². The number of imidazole rings is 1. The molecule has 2 aliphatic rings. The first-order valence-electron chi connectivity index (χ1n) is 8.15. The van der Waals surface area contributed by atoms with Gasteiger partial charge in [-0.15, -0.1) is 0 Å². The number of carbonyl (C=O) groups is 1. The van der Waals surface area contributed by atoms with Crippen molar-refractivity contribution in [3.8, 4) is 0 Å². The summed E-state index contributed by atoms with van der Waals surface area (Å²) in [5.41, 5.74) is 3.40. The lowest BCUT2D eigenvalue weighted by molar-refractivity contribution is 0.0708. The zero-order valence-corrected chi connectivity index (χ0v) is 13.3. The number of pyridine rings is 1. The van der Waals surface area contributed by atoms with Gasteiger partial charge in [0.25, 0.3) is 11.5 Å². The summed E-state index contributed by atoms with van der Waals surface area (Å²) in [4.78, 5) is 31.4. The standard InChI is InChI=1S/C17H20N4O2/c1-19-15-5-3-2-4-12(15)8-14(16(19)22)17(23)20-6-7-21-11-18-9-13(21)10-20/h8-9,11H,2-7,10H2,1H3. The van der Waals surface area contributed by atoms with E-state index in [1.165, 1.54) is 0 Å². The van der Waals surface area contributed by atoms with Crippen molar-refractivity contribution in [2.75, 3.05) is 6.54 Å². The molecule has 3 heterocycles. The molecule has 0 fully saturated rings. The molecular formula is C17H20N4O2. The highest BCUT2D eigenvalue weighted by molar-refractivity contribution is 5.94. The van der Waals surface area contributed by atoms with Crippen molar-refractivity contribution in [3.05, 3.63) is 51.5 Å². The number of carbonyl (C=O) groups excluding carboxylic acids is 1. The van der Waals surface area contributed by atoms with Crippen molar-refractivity contribution in [3.63, 3.8) is 0 Å². The van der Waals surface area contributed by atoms with Crippen LogP contribution in [0.2, 0.25) is 0 Å². The number of fused-ring (bicyclic) bond motifs is 2. The summed E-state index contributed by atoms with van der Waals surface area (Å²) in [6, 6.07) is 1.84. The maximum absolute atomic E-state index is 12.9. The van der Waals surface area contributed by atoms with E-state index < -0.39 is 0 Å². The molecule has 4 rings (SSSR count). The van der Waals surface area contributed by atoms with E-state index in [1.54, 1.807) is 29.0 Å². The van der Waals surface area contributed by atoms with E-state index in [9.17, 15) is 9.59 Å². The Bertz CT molecular complexity index is 834. The van der Waals surface area contributed by atoms with E-state index in [-0.39, 0.29) is 11.5 Å². The fraction of sp³-hybridized carbons (Fsp3) is 0.471. The first-order valence-corrected chi connectivity index (χ1v) is 8.15. The SMILES string of the molecule is Cn1c2c(cc(C(=O)N3CCn4cncc4C3)c1=O)CCCC2. The number of aromatic nitrogens is 3. The van der Waals surface area contributed by atoms with E-state index in [0.29, 0.717) is 18.7 Å². The second-order valence-electron chi connectivity index (χ2n) is 6.41. The molecule has 23 heavy (non-hydrogen) atoms. The summed E-state index contributed by atoms with van der Waals surface area (Å²) in [5.74, 6) is -0.161. The van der Waals surface area contributed by atoms with E-state index in [4.69, 9.17) is 0 Å².